The van der Waals surface area contributed by atoms with Crippen molar-refractivity contribution in [2.45, 2.75) is 31.2 Å². The molecule has 1 saturated heterocycles. The molecule has 3 rings (SSSR count). The summed E-state index contributed by atoms with van der Waals surface area (Å²) in [6.07, 6.45) is -2.52. The smallest absolute Gasteiger partial charge is 0.256 e. The minimum Gasteiger partial charge on any atom is -0.485 e. The van der Waals surface area contributed by atoms with Crippen LogP contribution in [0.15, 0.2) is 47.6 Å². The predicted molar refractivity (Wildman–Crippen MR) is 129 cm³/mol. The lowest BCUT2D eigenvalue weighted by Crippen LogP contribution is -2.59. The van der Waals surface area contributed by atoms with Gasteiger partial charge in [0.05, 0.1) is 0 Å². The Balaban J connectivity index is 1.60. The number of nitrogens with one attached hydrogen (secondary N) is 1. The fourth-order valence-corrected chi connectivity index (χ4v) is 3.82. The number of amidine groups is 1. The number of aliphatic hydroxyl groups is 1. The zero-order chi connectivity index (χ0) is 26.2. The molecule has 12 heteroatoms. The van der Waals surface area contributed by atoms with E-state index in [0.717, 1.165) is 5.56 Å². The second-order valence-electron chi connectivity index (χ2n) is 8.08. The van der Waals surface area contributed by atoms with Crippen molar-refractivity contribution in [3.05, 3.63) is 64.2 Å². The third-order valence-electron chi connectivity index (χ3n) is 5.60. The van der Waals surface area contributed by atoms with Gasteiger partial charge >= 0.3 is 0 Å². The Morgan fingerprint density at radius 2 is 1.94 bits per heavy atom. The zero-order valence-corrected chi connectivity index (χ0v) is 20.3. The highest BCUT2D eigenvalue weighted by Gasteiger charge is 2.40. The number of aliphatic hydroxyl groups excluding tert-OH is 1. The van der Waals surface area contributed by atoms with Crippen molar-refractivity contribution < 1.29 is 33.1 Å². The van der Waals surface area contributed by atoms with E-state index < -0.39 is 37.5 Å². The third kappa shape index (κ3) is 6.61. The molecule has 1 aliphatic rings. The average molecular weight is 525 g/mol. The summed E-state index contributed by atoms with van der Waals surface area (Å²) in [5.74, 6) is -0.822. The topological polar surface area (TPSA) is 126 Å². The van der Waals surface area contributed by atoms with Gasteiger partial charge in [-0.1, -0.05) is 41.0 Å². The van der Waals surface area contributed by atoms with Crippen LogP contribution >= 0.6 is 11.6 Å². The van der Waals surface area contributed by atoms with Crippen molar-refractivity contribution in [2.75, 3.05) is 27.0 Å². The van der Waals surface area contributed by atoms with Crippen molar-refractivity contribution in [2.24, 2.45) is 10.9 Å². The first-order valence-corrected chi connectivity index (χ1v) is 11.5. The normalized spacial score (nSPS) is 16.3. The van der Waals surface area contributed by atoms with Gasteiger partial charge in [0.25, 0.3) is 5.91 Å². The minimum absolute atomic E-state index is 0.0174. The number of nitrogens with two attached hydrogens (primary N) is 1. The maximum atomic E-state index is 12.9. The largest absolute Gasteiger partial charge is 0.485 e. The summed E-state index contributed by atoms with van der Waals surface area (Å²) in [6, 6.07) is 10.2. The van der Waals surface area contributed by atoms with Crippen molar-refractivity contribution in [1.29, 1.82) is 0 Å². The molecule has 36 heavy (non-hydrogen) atoms. The van der Waals surface area contributed by atoms with E-state index in [0.29, 0.717) is 12.0 Å². The third-order valence-corrected chi connectivity index (χ3v) is 5.82. The van der Waals surface area contributed by atoms with Gasteiger partial charge in [0.15, 0.2) is 18.0 Å². The van der Waals surface area contributed by atoms with E-state index in [2.05, 4.69) is 15.3 Å². The Labute approximate surface area is 211 Å². The molecule has 0 unspecified atom stereocenters. The fraction of sp³-hybridized carbons (Fsp3) is 0.375. The lowest BCUT2D eigenvalue weighted by atomic mass is 9.98. The molecule has 2 amide bonds. The Bertz CT molecular complexity index is 1100. The molecule has 2 aromatic rings. The molecular weight excluding hydrogens is 498 g/mol. The number of halogens is 3. The van der Waals surface area contributed by atoms with Crippen LogP contribution in [0.1, 0.15) is 29.2 Å². The fourth-order valence-electron chi connectivity index (χ4n) is 3.58. The van der Waals surface area contributed by atoms with Gasteiger partial charge in [0.2, 0.25) is 5.91 Å². The second-order valence-corrected chi connectivity index (χ2v) is 8.52. The Hall–Kier alpha value is -3.44. The maximum Gasteiger partial charge on any atom is 0.256 e. The van der Waals surface area contributed by atoms with Gasteiger partial charge in [-0.3, -0.25) is 9.59 Å². The van der Waals surface area contributed by atoms with Gasteiger partial charge in [0, 0.05) is 23.7 Å². The van der Waals surface area contributed by atoms with Crippen LogP contribution in [0, 0.1) is 0 Å². The molecule has 0 radical (unpaired) electrons. The Kier molecular flexibility index (Phi) is 9.43. The summed E-state index contributed by atoms with van der Waals surface area (Å²) in [5, 5.41) is 17.2. The molecule has 0 spiro atoms. The summed E-state index contributed by atoms with van der Waals surface area (Å²) < 4.78 is 30.8. The van der Waals surface area contributed by atoms with Crippen LogP contribution in [0.25, 0.3) is 0 Å². The highest BCUT2D eigenvalue weighted by atomic mass is 35.5. The van der Waals surface area contributed by atoms with Crippen LogP contribution in [0.5, 0.6) is 5.75 Å². The predicted octanol–water partition coefficient (Wildman–Crippen LogP) is 2.24. The number of rotatable bonds is 11. The number of carbonyl (C=O) groups excluding carboxylic acids is 2. The van der Waals surface area contributed by atoms with Gasteiger partial charge in [-0.25, -0.2) is 8.78 Å². The SMILES string of the molecule is CO/N=C(\N)c1ccc(CNC(=O)[C@@H]2CCN2C(=O)[C@H](O)c2cc(Cl)cc(OC(CF)CF)c2)cc1. The van der Waals surface area contributed by atoms with E-state index >= 15 is 0 Å². The van der Waals surface area contributed by atoms with Crippen LogP contribution in [0.3, 0.4) is 0 Å². The Morgan fingerprint density at radius 1 is 1.25 bits per heavy atom. The highest BCUT2D eigenvalue weighted by molar-refractivity contribution is 6.30. The zero-order valence-electron chi connectivity index (χ0n) is 19.5. The molecule has 4 N–H and O–H groups in total. The van der Waals surface area contributed by atoms with E-state index in [9.17, 15) is 23.5 Å². The molecule has 1 aliphatic heterocycles. The van der Waals surface area contributed by atoms with Gasteiger partial charge in [-0.05, 0) is 35.7 Å². The summed E-state index contributed by atoms with van der Waals surface area (Å²) in [6.45, 7) is -1.59. The van der Waals surface area contributed by atoms with Crippen molar-refractivity contribution in [3.63, 3.8) is 0 Å². The number of alkyl halides is 2. The quantitative estimate of drug-likeness (QED) is 0.235. The maximum absolute atomic E-state index is 12.9. The molecule has 2 aromatic carbocycles. The van der Waals surface area contributed by atoms with E-state index in [4.69, 9.17) is 22.1 Å². The number of hydrogen-bond donors (Lipinski definition) is 3. The first kappa shape index (κ1) is 27.2. The van der Waals surface area contributed by atoms with E-state index in [1.807, 2.05) is 0 Å². The lowest BCUT2D eigenvalue weighted by molar-refractivity contribution is -0.154. The first-order valence-electron chi connectivity index (χ1n) is 11.1. The number of ether oxygens (including phenoxy) is 1. The van der Waals surface area contributed by atoms with Gasteiger partial charge in [0.1, 0.15) is 32.3 Å². The van der Waals surface area contributed by atoms with Crippen molar-refractivity contribution in [3.8, 4) is 5.75 Å². The second kappa shape index (κ2) is 12.5. The number of carbonyl (C=O) groups is 2. The lowest BCUT2D eigenvalue weighted by Gasteiger charge is -2.40. The molecule has 0 bridgehead atoms. The van der Waals surface area contributed by atoms with Crippen LogP contribution < -0.4 is 15.8 Å². The van der Waals surface area contributed by atoms with Gasteiger partial charge in [-0.2, -0.15) is 0 Å². The van der Waals surface area contributed by atoms with Crippen molar-refractivity contribution >= 4 is 29.3 Å². The molecule has 194 valence electrons. The Morgan fingerprint density at radius 3 is 2.53 bits per heavy atom. The number of hydrogen-bond acceptors (Lipinski definition) is 6. The van der Waals surface area contributed by atoms with E-state index in [1.54, 1.807) is 24.3 Å². The molecule has 9 nitrogen and oxygen atoms in total. The summed E-state index contributed by atoms with van der Waals surface area (Å²) >= 11 is 6.03. The monoisotopic (exact) mass is 524 g/mol. The summed E-state index contributed by atoms with van der Waals surface area (Å²) in [5.41, 5.74) is 7.31. The molecule has 2 atom stereocenters. The van der Waals surface area contributed by atoms with E-state index in [1.165, 1.54) is 30.2 Å². The number of likely N-dealkylation sites (tertiary alicyclic amines) is 1. The highest BCUT2D eigenvalue weighted by Crippen LogP contribution is 2.29. The van der Waals surface area contributed by atoms with Crippen molar-refractivity contribution in [1.82, 2.24) is 10.2 Å². The number of amides is 2. The van der Waals surface area contributed by atoms with Crippen LogP contribution in [0.2, 0.25) is 5.02 Å². The van der Waals surface area contributed by atoms with Gasteiger partial charge < -0.3 is 30.6 Å². The molecule has 0 saturated carbocycles. The van der Waals surface area contributed by atoms with E-state index in [-0.39, 0.29) is 41.2 Å². The summed E-state index contributed by atoms with van der Waals surface area (Å²) in [4.78, 5) is 31.5. The molecule has 1 fully saturated rings. The molecule has 0 aromatic heterocycles. The van der Waals surface area contributed by atoms with Crippen LogP contribution in [-0.2, 0) is 21.0 Å². The number of benzene rings is 2. The standard InChI is InChI=1S/C24H27ClF2N4O5/c1-35-30-22(28)15-4-2-14(3-5-15)13-29-23(33)20-6-7-31(20)24(34)21(32)16-8-17(25)10-18(9-16)36-19(11-26)12-27/h2-5,8-10,19-21,32H,6-7,11-13H2,1H3,(H2,28,30)(H,29,33)/t20-,21+/m0/s1. The van der Waals surface area contributed by atoms with Crippen LogP contribution in [0.4, 0.5) is 8.78 Å². The average Bonchev–Trinajstić information content (AvgIpc) is 2.85. The number of oxime groups is 1. The molecular formula is C24H27ClF2N4O5. The minimum atomic E-state index is -1.64. The summed E-state index contributed by atoms with van der Waals surface area (Å²) in [7, 11) is 1.39. The number of nitrogens with zero attached hydrogens (tertiary/aromatic N) is 2. The molecule has 0 aliphatic carbocycles. The van der Waals surface area contributed by atoms with Gasteiger partial charge in [-0.15, -0.1) is 0 Å². The molecule has 1 heterocycles. The van der Waals surface area contributed by atoms with Crippen LogP contribution in [-0.4, -0.2) is 66.8 Å². The first-order chi connectivity index (χ1) is 17.3.